The van der Waals surface area contributed by atoms with Crippen LogP contribution < -0.4 is 9.47 Å². The molecule has 2 aromatic rings. The van der Waals surface area contributed by atoms with Crippen LogP contribution in [-0.2, 0) is 9.53 Å². The smallest absolute Gasteiger partial charge is 0.343 e. The van der Waals surface area contributed by atoms with Gasteiger partial charge in [-0.3, -0.25) is 0 Å². The Hall–Kier alpha value is -3.28. The Morgan fingerprint density at radius 3 is 2.16 bits per heavy atom. The van der Waals surface area contributed by atoms with Gasteiger partial charge in [0.15, 0.2) is 0 Å². The lowest BCUT2D eigenvalue weighted by Crippen LogP contribution is -2.12. The Bertz CT molecular complexity index is 746. The van der Waals surface area contributed by atoms with Crippen molar-refractivity contribution in [3.63, 3.8) is 0 Å². The maximum Gasteiger partial charge on any atom is 0.343 e. The number of aromatic hydroxyl groups is 1. The highest BCUT2D eigenvalue weighted by Crippen LogP contribution is 2.18. The van der Waals surface area contributed by atoms with E-state index >= 15 is 0 Å². The quantitative estimate of drug-likeness (QED) is 0.360. The Balaban J connectivity index is 1.82. The van der Waals surface area contributed by atoms with Crippen molar-refractivity contribution < 1.29 is 28.9 Å². The molecule has 0 aliphatic carbocycles. The van der Waals surface area contributed by atoms with E-state index in [1.165, 1.54) is 24.3 Å². The highest BCUT2D eigenvalue weighted by Gasteiger charge is 2.09. The van der Waals surface area contributed by atoms with Crippen molar-refractivity contribution in [2.24, 2.45) is 0 Å². The second-order valence-corrected chi connectivity index (χ2v) is 5.17. The van der Waals surface area contributed by atoms with E-state index in [1.54, 1.807) is 31.2 Å². The van der Waals surface area contributed by atoms with Gasteiger partial charge in [0.2, 0.25) is 0 Å². The zero-order valence-corrected chi connectivity index (χ0v) is 13.7. The van der Waals surface area contributed by atoms with Crippen LogP contribution in [0.1, 0.15) is 17.3 Å². The van der Waals surface area contributed by atoms with Crippen molar-refractivity contribution in [1.29, 1.82) is 0 Å². The molecule has 6 heteroatoms. The lowest BCUT2D eigenvalue weighted by molar-refractivity contribution is -0.139. The summed E-state index contributed by atoms with van der Waals surface area (Å²) in [5.41, 5.74) is 0.686. The van der Waals surface area contributed by atoms with E-state index in [0.717, 1.165) is 0 Å². The third kappa shape index (κ3) is 5.69. The summed E-state index contributed by atoms with van der Waals surface area (Å²) in [6.07, 6.45) is 0. The molecule has 0 amide bonds. The third-order valence-electron chi connectivity index (χ3n) is 3.07. The Labute approximate surface area is 145 Å². The van der Waals surface area contributed by atoms with Crippen molar-refractivity contribution in [2.45, 2.75) is 6.92 Å². The molecule has 0 aliphatic heterocycles. The van der Waals surface area contributed by atoms with Gasteiger partial charge in [-0.15, -0.1) is 0 Å². The summed E-state index contributed by atoms with van der Waals surface area (Å²) in [5.74, 6) is -0.0196. The molecule has 0 fully saturated rings. The highest BCUT2D eigenvalue weighted by atomic mass is 16.6. The van der Waals surface area contributed by atoms with E-state index in [2.05, 4.69) is 6.58 Å². The molecule has 0 unspecified atom stereocenters. The first-order chi connectivity index (χ1) is 12.0. The molecule has 25 heavy (non-hydrogen) atoms. The van der Waals surface area contributed by atoms with E-state index in [-0.39, 0.29) is 19.0 Å². The molecule has 0 radical (unpaired) electrons. The molecule has 0 aliphatic rings. The third-order valence-corrected chi connectivity index (χ3v) is 3.07. The second kappa shape index (κ2) is 8.54. The number of carbonyl (C=O) groups is 2. The van der Waals surface area contributed by atoms with E-state index < -0.39 is 11.9 Å². The molecular formula is C19H18O6. The summed E-state index contributed by atoms with van der Waals surface area (Å²) < 4.78 is 15.5. The summed E-state index contributed by atoms with van der Waals surface area (Å²) >= 11 is 0. The Morgan fingerprint density at radius 2 is 1.56 bits per heavy atom. The molecule has 0 aromatic heterocycles. The zero-order chi connectivity index (χ0) is 18.2. The fourth-order valence-corrected chi connectivity index (χ4v) is 1.78. The van der Waals surface area contributed by atoms with E-state index in [4.69, 9.17) is 14.2 Å². The summed E-state index contributed by atoms with van der Waals surface area (Å²) in [7, 11) is 0. The van der Waals surface area contributed by atoms with Crippen molar-refractivity contribution >= 4 is 11.9 Å². The number of carbonyl (C=O) groups excluding carboxylic acids is 2. The molecule has 1 N–H and O–H groups in total. The van der Waals surface area contributed by atoms with Gasteiger partial charge in [-0.2, -0.15) is 0 Å². The standard InChI is InChI=1S/C19H18O6/c1-13(2)18(21)24-12-11-23-16-7-3-14(4-8-16)19(22)25-17-9-5-15(20)6-10-17/h3-10,20H,1,11-12H2,2H3. The fraction of sp³-hybridized carbons (Fsp3) is 0.158. The first-order valence-electron chi connectivity index (χ1n) is 7.52. The maximum atomic E-state index is 12.0. The average Bonchev–Trinajstić information content (AvgIpc) is 2.61. The van der Waals surface area contributed by atoms with Gasteiger partial charge in [0.1, 0.15) is 30.5 Å². The minimum absolute atomic E-state index is 0.0928. The number of esters is 2. The van der Waals surface area contributed by atoms with E-state index in [0.29, 0.717) is 22.6 Å². The van der Waals surface area contributed by atoms with Gasteiger partial charge in [-0.05, 0) is 55.5 Å². The average molecular weight is 342 g/mol. The molecule has 130 valence electrons. The number of phenols is 1. The van der Waals surface area contributed by atoms with Gasteiger partial charge in [-0.1, -0.05) is 6.58 Å². The number of hydrogen-bond acceptors (Lipinski definition) is 6. The molecule has 0 heterocycles. The van der Waals surface area contributed by atoms with Gasteiger partial charge < -0.3 is 19.3 Å². The predicted octanol–water partition coefficient (Wildman–Crippen LogP) is 3.11. The van der Waals surface area contributed by atoms with Gasteiger partial charge in [0.25, 0.3) is 0 Å². The van der Waals surface area contributed by atoms with Gasteiger partial charge >= 0.3 is 11.9 Å². The van der Waals surface area contributed by atoms with E-state index in [1.807, 2.05) is 0 Å². The minimum atomic E-state index is -0.521. The molecule has 0 saturated carbocycles. The first kappa shape index (κ1) is 18.1. The number of hydrogen-bond donors (Lipinski definition) is 1. The SMILES string of the molecule is C=C(C)C(=O)OCCOc1ccc(C(=O)Oc2ccc(O)cc2)cc1. The molecule has 2 aromatic carbocycles. The molecule has 6 nitrogen and oxygen atoms in total. The van der Waals surface area contributed by atoms with Gasteiger partial charge in [-0.25, -0.2) is 9.59 Å². The summed E-state index contributed by atoms with van der Waals surface area (Å²) in [6, 6.07) is 12.2. The van der Waals surface area contributed by atoms with Crippen molar-refractivity contribution in [3.8, 4) is 17.2 Å². The van der Waals surface area contributed by atoms with Gasteiger partial charge in [0.05, 0.1) is 5.56 Å². The van der Waals surface area contributed by atoms with Crippen molar-refractivity contribution in [1.82, 2.24) is 0 Å². The largest absolute Gasteiger partial charge is 0.508 e. The molecule has 0 bridgehead atoms. The summed E-state index contributed by atoms with van der Waals surface area (Å²) in [4.78, 5) is 23.2. The van der Waals surface area contributed by atoms with Gasteiger partial charge in [0, 0.05) is 5.57 Å². The van der Waals surface area contributed by atoms with Crippen LogP contribution in [0.5, 0.6) is 17.2 Å². The summed E-state index contributed by atoms with van der Waals surface area (Å²) in [6.45, 7) is 5.35. The lowest BCUT2D eigenvalue weighted by Gasteiger charge is -2.08. The molecular weight excluding hydrogens is 324 g/mol. The first-order valence-corrected chi connectivity index (χ1v) is 7.52. The second-order valence-electron chi connectivity index (χ2n) is 5.17. The number of ether oxygens (including phenoxy) is 3. The van der Waals surface area contributed by atoms with Crippen molar-refractivity contribution in [2.75, 3.05) is 13.2 Å². The molecule has 0 spiro atoms. The monoisotopic (exact) mass is 342 g/mol. The topological polar surface area (TPSA) is 82.1 Å². The van der Waals surface area contributed by atoms with Crippen LogP contribution in [0.2, 0.25) is 0 Å². The van der Waals surface area contributed by atoms with Crippen molar-refractivity contribution in [3.05, 3.63) is 66.2 Å². The van der Waals surface area contributed by atoms with Crippen LogP contribution in [-0.4, -0.2) is 30.3 Å². The van der Waals surface area contributed by atoms with Crippen LogP contribution in [0, 0.1) is 0 Å². The maximum absolute atomic E-state index is 12.0. The number of benzene rings is 2. The van der Waals surface area contributed by atoms with Crippen LogP contribution >= 0.6 is 0 Å². The predicted molar refractivity (Wildman–Crippen MR) is 90.8 cm³/mol. The van der Waals surface area contributed by atoms with Crippen LogP contribution in [0.3, 0.4) is 0 Å². The summed E-state index contributed by atoms with van der Waals surface area (Å²) in [5, 5.41) is 9.20. The Morgan fingerprint density at radius 1 is 0.960 bits per heavy atom. The lowest BCUT2D eigenvalue weighted by atomic mass is 10.2. The normalized spacial score (nSPS) is 9.96. The Kier molecular flexibility index (Phi) is 6.17. The molecule has 0 saturated heterocycles. The zero-order valence-electron chi connectivity index (χ0n) is 13.7. The van der Waals surface area contributed by atoms with Crippen LogP contribution in [0.4, 0.5) is 0 Å². The number of rotatable bonds is 7. The molecule has 2 rings (SSSR count). The van der Waals surface area contributed by atoms with Crippen LogP contribution in [0.15, 0.2) is 60.7 Å². The minimum Gasteiger partial charge on any atom is -0.508 e. The fourth-order valence-electron chi connectivity index (χ4n) is 1.78. The molecule has 0 atom stereocenters. The van der Waals surface area contributed by atoms with Crippen LogP contribution in [0.25, 0.3) is 0 Å². The number of phenolic OH excluding ortho intramolecular Hbond substituents is 1. The highest BCUT2D eigenvalue weighted by molar-refractivity contribution is 5.91. The van der Waals surface area contributed by atoms with E-state index in [9.17, 15) is 14.7 Å².